The highest BCUT2D eigenvalue weighted by atomic mass is 19.4. The Balaban J connectivity index is 1.42. The van der Waals surface area contributed by atoms with Gasteiger partial charge in [-0.05, 0) is 38.8 Å². The van der Waals surface area contributed by atoms with Crippen LogP contribution in [0.3, 0.4) is 0 Å². The van der Waals surface area contributed by atoms with Crippen molar-refractivity contribution in [3.63, 3.8) is 0 Å². The number of aromatic nitrogens is 4. The summed E-state index contributed by atoms with van der Waals surface area (Å²) >= 11 is 0. The quantitative estimate of drug-likeness (QED) is 0.413. The van der Waals surface area contributed by atoms with E-state index in [1.165, 1.54) is 12.3 Å². The molecule has 0 aliphatic carbocycles. The molecule has 1 N–H and O–H groups in total. The Morgan fingerprint density at radius 3 is 2.52 bits per heavy atom. The Labute approximate surface area is 231 Å². The molecule has 40 heavy (non-hydrogen) atoms. The van der Waals surface area contributed by atoms with Gasteiger partial charge >= 0.3 is 6.18 Å². The molecule has 0 saturated carbocycles. The molecule has 1 atom stereocenters. The third-order valence-electron chi connectivity index (χ3n) is 7.12. The number of hydrogen-bond acceptors (Lipinski definition) is 9. The van der Waals surface area contributed by atoms with Crippen LogP contribution in [0.1, 0.15) is 38.4 Å². The van der Waals surface area contributed by atoms with Crippen molar-refractivity contribution in [2.24, 2.45) is 0 Å². The monoisotopic (exact) mass is 557 g/mol. The summed E-state index contributed by atoms with van der Waals surface area (Å²) in [6.07, 6.45) is -0.271. The number of nitrogens with zero attached hydrogens (tertiary/aromatic N) is 6. The zero-order valence-corrected chi connectivity index (χ0v) is 22.9. The fraction of sp³-hybridized carbons (Fsp3) is 0.500. The first-order valence-corrected chi connectivity index (χ1v) is 13.6. The van der Waals surface area contributed by atoms with E-state index in [1.807, 2.05) is 11.0 Å². The molecule has 2 aliphatic heterocycles. The second-order valence-corrected chi connectivity index (χ2v) is 10.2. The summed E-state index contributed by atoms with van der Waals surface area (Å²) in [5, 5.41) is 3.18. The van der Waals surface area contributed by atoms with Gasteiger partial charge < -0.3 is 19.7 Å². The van der Waals surface area contributed by atoms with Gasteiger partial charge in [-0.15, -0.1) is 0 Å². The van der Waals surface area contributed by atoms with Crippen molar-refractivity contribution in [1.82, 2.24) is 24.8 Å². The van der Waals surface area contributed by atoms with Crippen molar-refractivity contribution in [2.45, 2.75) is 51.9 Å². The molecule has 2 aliphatic rings. The first-order chi connectivity index (χ1) is 19.2. The largest absolute Gasteiger partial charge is 0.473 e. The minimum atomic E-state index is -4.56. The second kappa shape index (κ2) is 11.9. The first-order valence-electron chi connectivity index (χ1n) is 13.6. The molecule has 0 aromatic carbocycles. The zero-order chi connectivity index (χ0) is 28.3. The molecule has 0 radical (unpaired) electrons. The van der Waals surface area contributed by atoms with Crippen LogP contribution in [0.2, 0.25) is 0 Å². The second-order valence-electron chi connectivity index (χ2n) is 10.2. The predicted molar refractivity (Wildman–Crippen MR) is 146 cm³/mol. The van der Waals surface area contributed by atoms with Crippen LogP contribution in [0.5, 0.6) is 5.88 Å². The van der Waals surface area contributed by atoms with Crippen LogP contribution < -0.4 is 15.0 Å². The highest BCUT2D eigenvalue weighted by Gasteiger charge is 2.35. The topological polar surface area (TPSA) is 88.5 Å². The van der Waals surface area contributed by atoms with Crippen molar-refractivity contribution < 1.29 is 22.6 Å². The van der Waals surface area contributed by atoms with Crippen LogP contribution in [0, 0.1) is 0 Å². The summed E-state index contributed by atoms with van der Waals surface area (Å²) in [6.45, 7) is 10.0. The van der Waals surface area contributed by atoms with Crippen LogP contribution in [0.15, 0.2) is 36.7 Å². The number of morpholine rings is 1. The summed E-state index contributed by atoms with van der Waals surface area (Å²) in [5.74, 6) is 1.19. The van der Waals surface area contributed by atoms with Gasteiger partial charge in [0.15, 0.2) is 0 Å². The van der Waals surface area contributed by atoms with Gasteiger partial charge in [-0.2, -0.15) is 18.2 Å². The lowest BCUT2D eigenvalue weighted by molar-refractivity contribution is -0.137. The molecule has 0 bridgehead atoms. The lowest BCUT2D eigenvalue weighted by Gasteiger charge is -2.27. The summed E-state index contributed by atoms with van der Waals surface area (Å²) in [6, 6.07) is 6.66. The average Bonchev–Trinajstić information content (AvgIpc) is 3.42. The van der Waals surface area contributed by atoms with Crippen LogP contribution in [-0.2, 0) is 17.3 Å². The minimum absolute atomic E-state index is 0.0877. The maximum atomic E-state index is 14.1. The number of halogens is 3. The summed E-state index contributed by atoms with van der Waals surface area (Å²) < 4.78 is 53.7. The molecule has 0 unspecified atom stereocenters. The van der Waals surface area contributed by atoms with Gasteiger partial charge in [-0.1, -0.05) is 6.92 Å². The lowest BCUT2D eigenvalue weighted by Crippen LogP contribution is -2.37. The zero-order valence-electron chi connectivity index (χ0n) is 22.9. The molecule has 9 nitrogen and oxygen atoms in total. The van der Waals surface area contributed by atoms with E-state index in [2.05, 4.69) is 44.0 Å². The van der Waals surface area contributed by atoms with Gasteiger partial charge in [-0.25, -0.2) is 9.97 Å². The minimum Gasteiger partial charge on any atom is -0.473 e. The van der Waals surface area contributed by atoms with E-state index in [0.29, 0.717) is 67.8 Å². The molecule has 214 valence electrons. The molecular weight excluding hydrogens is 523 g/mol. The number of ether oxygens (including phenoxy) is 2. The summed E-state index contributed by atoms with van der Waals surface area (Å²) in [5.41, 5.74) is 0.238. The number of rotatable bonds is 8. The van der Waals surface area contributed by atoms with Crippen LogP contribution in [0.25, 0.3) is 11.3 Å². The Hall–Kier alpha value is -3.51. The fourth-order valence-electron chi connectivity index (χ4n) is 4.83. The molecule has 12 heteroatoms. The smallest absolute Gasteiger partial charge is 0.417 e. The third kappa shape index (κ3) is 6.61. The Morgan fingerprint density at radius 2 is 1.88 bits per heavy atom. The van der Waals surface area contributed by atoms with Crippen molar-refractivity contribution in [2.75, 3.05) is 49.6 Å². The van der Waals surface area contributed by atoms with E-state index < -0.39 is 11.7 Å². The molecule has 3 aromatic heterocycles. The first kappa shape index (κ1) is 28.0. The predicted octanol–water partition coefficient (Wildman–Crippen LogP) is 4.96. The van der Waals surface area contributed by atoms with Crippen molar-refractivity contribution in [3.8, 4) is 17.1 Å². The number of nitrogens with one attached hydrogen (secondary N) is 1. The van der Waals surface area contributed by atoms with E-state index in [4.69, 9.17) is 9.47 Å². The van der Waals surface area contributed by atoms with Crippen molar-refractivity contribution >= 4 is 17.5 Å². The Kier molecular flexibility index (Phi) is 8.36. The van der Waals surface area contributed by atoms with Gasteiger partial charge in [0.05, 0.1) is 36.4 Å². The Bertz CT molecular complexity index is 1300. The molecule has 5 rings (SSSR count). The van der Waals surface area contributed by atoms with Gasteiger partial charge in [-0.3, -0.25) is 9.88 Å². The van der Waals surface area contributed by atoms with E-state index >= 15 is 0 Å². The SMILES string of the molecule is CCc1cc(C(F)(F)F)c(-c2cc(Nc3ccc(O[C@H]4CCN(C(C)C)C4)nc3)nc(N3CCOCC3)n2)cn1. The highest BCUT2D eigenvalue weighted by Crippen LogP contribution is 2.38. The molecule has 3 aromatic rings. The molecule has 0 amide bonds. The maximum absolute atomic E-state index is 14.1. The number of anilines is 3. The normalized spacial score (nSPS) is 18.4. The third-order valence-corrected chi connectivity index (χ3v) is 7.12. The Morgan fingerprint density at radius 1 is 1.07 bits per heavy atom. The molecule has 2 fully saturated rings. The van der Waals surface area contributed by atoms with Gasteiger partial charge in [0.2, 0.25) is 11.8 Å². The summed E-state index contributed by atoms with van der Waals surface area (Å²) in [7, 11) is 0. The van der Waals surface area contributed by atoms with Crippen molar-refractivity contribution in [3.05, 3.63) is 47.9 Å². The average molecular weight is 558 g/mol. The number of aryl methyl sites for hydroxylation is 1. The van der Waals surface area contributed by atoms with E-state index in [0.717, 1.165) is 25.6 Å². The van der Waals surface area contributed by atoms with Gasteiger partial charge in [0.1, 0.15) is 11.9 Å². The van der Waals surface area contributed by atoms with Gasteiger partial charge in [0, 0.05) is 61.8 Å². The number of hydrogen-bond donors (Lipinski definition) is 1. The molecule has 2 saturated heterocycles. The van der Waals surface area contributed by atoms with Crippen LogP contribution >= 0.6 is 0 Å². The molecule has 5 heterocycles. The maximum Gasteiger partial charge on any atom is 0.417 e. The van der Waals surface area contributed by atoms with Gasteiger partial charge in [0.25, 0.3) is 0 Å². The van der Waals surface area contributed by atoms with E-state index in [9.17, 15) is 13.2 Å². The summed E-state index contributed by atoms with van der Waals surface area (Å²) in [4.78, 5) is 22.1. The van der Waals surface area contributed by atoms with Crippen molar-refractivity contribution in [1.29, 1.82) is 0 Å². The van der Waals surface area contributed by atoms with Crippen LogP contribution in [-0.4, -0.2) is 76.4 Å². The van der Waals surface area contributed by atoms with Crippen LogP contribution in [0.4, 0.5) is 30.6 Å². The van der Waals surface area contributed by atoms with E-state index in [1.54, 1.807) is 19.2 Å². The fourth-order valence-corrected chi connectivity index (χ4v) is 4.83. The standard InChI is InChI=1S/C28H34F3N7O2/c1-4-19-13-23(28(29,30)31)22(16-32-19)24-14-25(36-27(35-24)37-9-11-39-12-10-37)34-20-5-6-26(33-15-20)40-21-7-8-38(17-21)18(2)3/h5-6,13-16,18,21H,4,7-12,17H2,1-3H3,(H,34,35,36)/t21-/m0/s1. The highest BCUT2D eigenvalue weighted by molar-refractivity contribution is 5.70. The van der Waals surface area contributed by atoms with E-state index in [-0.39, 0.29) is 17.4 Å². The number of likely N-dealkylation sites (tertiary alicyclic amines) is 1. The number of pyridine rings is 2. The molecule has 0 spiro atoms. The molecular formula is C28H34F3N7O2. The lowest BCUT2D eigenvalue weighted by atomic mass is 10.0. The number of alkyl halides is 3.